The van der Waals surface area contributed by atoms with Gasteiger partial charge in [0, 0.05) is 19.0 Å². The van der Waals surface area contributed by atoms with Crippen LogP contribution in [0.5, 0.6) is 0 Å². The van der Waals surface area contributed by atoms with Gasteiger partial charge < -0.3 is 10.2 Å². The maximum absolute atomic E-state index is 14.1. The van der Waals surface area contributed by atoms with Crippen molar-refractivity contribution in [2.24, 2.45) is 0 Å². The monoisotopic (exact) mass is 354 g/mol. The number of halogens is 2. The molecule has 2 atom stereocenters. The summed E-state index contributed by atoms with van der Waals surface area (Å²) in [5.74, 6) is -1.31. The standard InChI is InChI=1S/C19H16F2N4O/c1-10-11-5-6-19(10,25-8-7-22-18(25)26)17-12(11)9-15(23-24-17)16-13(20)3-2-4-14(16)21/h2-4,9,11H,1,5-8H2,(H,22,26)/t11-,19-/m0/s1. The van der Waals surface area contributed by atoms with Gasteiger partial charge >= 0.3 is 6.03 Å². The van der Waals surface area contributed by atoms with Gasteiger partial charge in [-0.2, -0.15) is 5.10 Å². The summed E-state index contributed by atoms with van der Waals surface area (Å²) in [6, 6.07) is 5.29. The highest BCUT2D eigenvalue weighted by atomic mass is 19.1. The van der Waals surface area contributed by atoms with Gasteiger partial charge in [-0.15, -0.1) is 5.10 Å². The number of nitrogens with zero attached hydrogens (tertiary/aromatic N) is 3. The second kappa shape index (κ2) is 5.09. The van der Waals surface area contributed by atoms with Crippen LogP contribution in [0.1, 0.15) is 30.0 Å². The maximum atomic E-state index is 14.1. The Balaban J connectivity index is 1.68. The highest BCUT2D eigenvalue weighted by Gasteiger charge is 2.59. The number of hydrogen-bond donors (Lipinski definition) is 1. The summed E-state index contributed by atoms with van der Waals surface area (Å²) < 4.78 is 28.3. The quantitative estimate of drug-likeness (QED) is 0.843. The molecule has 3 aliphatic rings. The fourth-order valence-corrected chi connectivity index (χ4v) is 4.72. The van der Waals surface area contributed by atoms with Crippen LogP contribution in [0.2, 0.25) is 0 Å². The normalized spacial score (nSPS) is 26.4. The zero-order chi connectivity index (χ0) is 18.1. The molecular formula is C19H16F2N4O. The van der Waals surface area contributed by atoms with Gasteiger partial charge in [0.05, 0.1) is 17.0 Å². The van der Waals surface area contributed by atoms with Crippen molar-refractivity contribution in [3.05, 3.63) is 59.3 Å². The van der Waals surface area contributed by atoms with Crippen molar-refractivity contribution in [1.29, 1.82) is 0 Å². The second-order valence-electron chi connectivity index (χ2n) is 6.99. The van der Waals surface area contributed by atoms with Gasteiger partial charge in [-0.25, -0.2) is 13.6 Å². The summed E-state index contributed by atoms with van der Waals surface area (Å²) >= 11 is 0. The SMILES string of the molecule is C=C1[C@@H]2CC[C@@]1(N1CCNC1=O)c1nnc(-c3c(F)cccc3F)cc12. The number of hydrogen-bond acceptors (Lipinski definition) is 3. The van der Waals surface area contributed by atoms with E-state index in [1.165, 1.54) is 18.2 Å². The van der Waals surface area contributed by atoms with Gasteiger partial charge in [0.25, 0.3) is 0 Å². The largest absolute Gasteiger partial charge is 0.336 e. The maximum Gasteiger partial charge on any atom is 0.318 e. The Kier molecular flexibility index (Phi) is 3.02. The first kappa shape index (κ1) is 15.4. The number of amides is 2. The molecule has 1 saturated heterocycles. The van der Waals surface area contributed by atoms with Crippen molar-refractivity contribution >= 4 is 6.03 Å². The van der Waals surface area contributed by atoms with E-state index >= 15 is 0 Å². The van der Waals surface area contributed by atoms with Gasteiger partial charge in [0.2, 0.25) is 0 Å². The van der Waals surface area contributed by atoms with E-state index in [9.17, 15) is 13.6 Å². The van der Waals surface area contributed by atoms with Gasteiger partial charge in [-0.3, -0.25) is 0 Å². The van der Waals surface area contributed by atoms with Crippen LogP contribution < -0.4 is 5.32 Å². The van der Waals surface area contributed by atoms with Crippen LogP contribution in [0.25, 0.3) is 11.3 Å². The first-order valence-electron chi connectivity index (χ1n) is 8.61. The zero-order valence-corrected chi connectivity index (χ0v) is 13.9. The molecule has 2 amide bonds. The lowest BCUT2D eigenvalue weighted by Crippen LogP contribution is -2.46. The van der Waals surface area contributed by atoms with Crippen molar-refractivity contribution < 1.29 is 13.6 Å². The molecule has 0 radical (unpaired) electrons. The molecule has 0 unspecified atom stereocenters. The molecule has 0 spiro atoms. The number of carbonyl (C=O) groups excluding carboxylic acids is 1. The first-order valence-corrected chi connectivity index (χ1v) is 8.61. The summed E-state index contributed by atoms with van der Waals surface area (Å²) in [6.45, 7) is 5.41. The fraction of sp³-hybridized carbons (Fsp3) is 0.316. The van der Waals surface area contributed by atoms with Crippen LogP contribution in [-0.4, -0.2) is 34.2 Å². The molecule has 2 aromatic rings. The third kappa shape index (κ3) is 1.75. The predicted octanol–water partition coefficient (Wildman–Crippen LogP) is 3.09. The van der Waals surface area contributed by atoms with E-state index in [0.717, 1.165) is 24.0 Å². The van der Waals surface area contributed by atoms with Crippen LogP contribution in [0, 0.1) is 11.6 Å². The van der Waals surface area contributed by atoms with Crippen molar-refractivity contribution in [1.82, 2.24) is 20.4 Å². The second-order valence-corrected chi connectivity index (χ2v) is 6.99. The summed E-state index contributed by atoms with van der Waals surface area (Å²) in [5.41, 5.74) is 1.82. The molecule has 7 heteroatoms. The van der Waals surface area contributed by atoms with E-state index in [0.29, 0.717) is 18.8 Å². The van der Waals surface area contributed by atoms with Crippen molar-refractivity contribution in [2.45, 2.75) is 24.3 Å². The number of benzene rings is 1. The van der Waals surface area contributed by atoms with E-state index in [-0.39, 0.29) is 23.2 Å². The fourth-order valence-electron chi connectivity index (χ4n) is 4.72. The lowest BCUT2D eigenvalue weighted by atomic mass is 9.89. The molecule has 1 saturated carbocycles. The minimum atomic E-state index is -0.671. The molecule has 5 nitrogen and oxygen atoms in total. The van der Waals surface area contributed by atoms with Gasteiger partial charge in [-0.1, -0.05) is 12.6 Å². The van der Waals surface area contributed by atoms with E-state index in [1.54, 1.807) is 11.0 Å². The van der Waals surface area contributed by atoms with Crippen molar-refractivity contribution in [2.75, 3.05) is 13.1 Å². The summed E-state index contributed by atoms with van der Waals surface area (Å²) in [5, 5.41) is 11.3. The van der Waals surface area contributed by atoms with Gasteiger partial charge in [0.15, 0.2) is 0 Å². The Bertz CT molecular complexity index is 956. The lowest BCUT2D eigenvalue weighted by Gasteiger charge is -2.36. The van der Waals surface area contributed by atoms with Crippen LogP contribution in [0.15, 0.2) is 36.4 Å². The minimum absolute atomic E-state index is 0.0301. The Morgan fingerprint density at radius 2 is 2.04 bits per heavy atom. The number of nitrogens with one attached hydrogen (secondary N) is 1. The molecular weight excluding hydrogens is 338 g/mol. The number of fused-ring (bicyclic) bond motifs is 5. The minimum Gasteiger partial charge on any atom is -0.336 e. The number of aromatic nitrogens is 2. The molecule has 2 aliphatic carbocycles. The predicted molar refractivity (Wildman–Crippen MR) is 90.3 cm³/mol. The molecule has 1 aromatic carbocycles. The zero-order valence-electron chi connectivity index (χ0n) is 13.9. The van der Waals surface area contributed by atoms with E-state index in [2.05, 4.69) is 22.1 Å². The average molecular weight is 354 g/mol. The van der Waals surface area contributed by atoms with Gasteiger partial charge in [-0.05, 0) is 42.2 Å². The summed E-state index contributed by atoms with van der Waals surface area (Å²) in [6.07, 6.45) is 1.58. The Labute approximate surface area is 148 Å². The lowest BCUT2D eigenvalue weighted by molar-refractivity contribution is 0.160. The van der Waals surface area contributed by atoms with Crippen LogP contribution in [-0.2, 0) is 5.54 Å². The number of rotatable bonds is 2. The van der Waals surface area contributed by atoms with Crippen molar-refractivity contribution in [3.63, 3.8) is 0 Å². The van der Waals surface area contributed by atoms with Crippen LogP contribution in [0.4, 0.5) is 13.6 Å². The molecule has 2 fully saturated rings. The van der Waals surface area contributed by atoms with Crippen molar-refractivity contribution in [3.8, 4) is 11.3 Å². The Morgan fingerprint density at radius 1 is 1.27 bits per heavy atom. The molecule has 26 heavy (non-hydrogen) atoms. The Hall–Kier alpha value is -2.83. The third-order valence-electron chi connectivity index (χ3n) is 5.87. The van der Waals surface area contributed by atoms with Gasteiger partial charge in [0.1, 0.15) is 17.2 Å². The smallest absolute Gasteiger partial charge is 0.318 e. The first-order chi connectivity index (χ1) is 12.5. The van der Waals surface area contributed by atoms with Crippen LogP contribution >= 0.6 is 0 Å². The molecule has 1 N–H and O–H groups in total. The number of carbonyl (C=O) groups is 1. The van der Waals surface area contributed by atoms with Crippen LogP contribution in [0.3, 0.4) is 0 Å². The molecule has 2 heterocycles. The summed E-state index contributed by atoms with van der Waals surface area (Å²) in [4.78, 5) is 14.1. The van der Waals surface area contributed by atoms with E-state index in [4.69, 9.17) is 0 Å². The summed E-state index contributed by atoms with van der Waals surface area (Å²) in [7, 11) is 0. The van der Waals surface area contributed by atoms with E-state index < -0.39 is 17.2 Å². The molecule has 2 bridgehead atoms. The highest BCUT2D eigenvalue weighted by Crippen LogP contribution is 2.61. The molecule has 132 valence electrons. The molecule has 1 aliphatic heterocycles. The molecule has 5 rings (SSSR count). The number of urea groups is 1. The third-order valence-corrected chi connectivity index (χ3v) is 5.87. The topological polar surface area (TPSA) is 58.1 Å². The molecule has 1 aromatic heterocycles. The van der Waals surface area contributed by atoms with E-state index in [1.807, 2.05) is 0 Å². The Morgan fingerprint density at radius 3 is 2.73 bits per heavy atom. The average Bonchev–Trinajstić information content (AvgIpc) is 3.26. The highest BCUT2D eigenvalue weighted by molar-refractivity contribution is 5.79.